The molecule has 0 unspecified atom stereocenters. The predicted molar refractivity (Wildman–Crippen MR) is 119 cm³/mol. The normalized spacial score (nSPS) is 15.1. The average molecular weight is 447 g/mol. The number of benzene rings is 2. The molecule has 8 heteroatoms. The number of amides is 1. The van der Waals surface area contributed by atoms with Crippen LogP contribution in [0.15, 0.2) is 47.4 Å². The lowest BCUT2D eigenvalue weighted by molar-refractivity contribution is 0.0730. The first-order chi connectivity index (χ1) is 14.8. The molecular formula is C23H30N2O5S. The van der Waals surface area contributed by atoms with E-state index in [0.717, 1.165) is 11.3 Å². The van der Waals surface area contributed by atoms with Gasteiger partial charge in [-0.1, -0.05) is 38.1 Å². The summed E-state index contributed by atoms with van der Waals surface area (Å²) in [6, 6.07) is 12.5. The first-order valence-corrected chi connectivity index (χ1v) is 11.9. The summed E-state index contributed by atoms with van der Waals surface area (Å²) < 4.78 is 38.3. The number of morpholine rings is 1. The molecule has 3 rings (SSSR count). The van der Waals surface area contributed by atoms with Crippen LogP contribution in [0.4, 0.5) is 0 Å². The van der Waals surface area contributed by atoms with Crippen molar-refractivity contribution in [2.75, 3.05) is 39.5 Å². The van der Waals surface area contributed by atoms with Crippen LogP contribution in [0.5, 0.6) is 5.75 Å². The van der Waals surface area contributed by atoms with Gasteiger partial charge >= 0.3 is 0 Å². The van der Waals surface area contributed by atoms with Gasteiger partial charge in [-0.3, -0.25) is 4.79 Å². The second kappa shape index (κ2) is 10.3. The summed E-state index contributed by atoms with van der Waals surface area (Å²) in [5.41, 5.74) is 2.17. The maximum Gasteiger partial charge on any atom is 0.251 e. The van der Waals surface area contributed by atoms with Gasteiger partial charge in [0, 0.05) is 18.7 Å². The van der Waals surface area contributed by atoms with Gasteiger partial charge in [-0.15, -0.1) is 0 Å². The lowest BCUT2D eigenvalue weighted by Crippen LogP contribution is -2.40. The van der Waals surface area contributed by atoms with Crippen LogP contribution in [-0.2, 0) is 14.8 Å². The van der Waals surface area contributed by atoms with E-state index in [1.807, 2.05) is 24.3 Å². The van der Waals surface area contributed by atoms with Gasteiger partial charge in [0.25, 0.3) is 5.91 Å². The lowest BCUT2D eigenvalue weighted by atomic mass is 10.0. The van der Waals surface area contributed by atoms with Gasteiger partial charge in [-0.05, 0) is 42.2 Å². The standard InChI is InChI=1S/C23H30N2O5S/c1-17(2)20-6-4-5-7-22(20)30-13-10-24-23(26)21-16-19(9-8-18(21)3)31(27,28)25-11-14-29-15-12-25/h4-9,16-17H,10-15H2,1-3H3,(H,24,26). The molecule has 1 fully saturated rings. The fourth-order valence-corrected chi connectivity index (χ4v) is 4.89. The van der Waals surface area contributed by atoms with Crippen molar-refractivity contribution in [3.05, 3.63) is 59.2 Å². The molecule has 31 heavy (non-hydrogen) atoms. The number of aryl methyl sites for hydroxylation is 1. The van der Waals surface area contributed by atoms with Crippen molar-refractivity contribution < 1.29 is 22.7 Å². The topological polar surface area (TPSA) is 84.9 Å². The van der Waals surface area contributed by atoms with Crippen LogP contribution in [0, 0.1) is 6.92 Å². The van der Waals surface area contributed by atoms with Crippen LogP contribution in [0.1, 0.15) is 41.3 Å². The quantitative estimate of drug-likeness (QED) is 0.630. The maximum atomic E-state index is 12.9. The number of hydrogen-bond acceptors (Lipinski definition) is 5. The number of ether oxygens (including phenoxy) is 2. The molecule has 1 heterocycles. The highest BCUT2D eigenvalue weighted by molar-refractivity contribution is 7.89. The summed E-state index contributed by atoms with van der Waals surface area (Å²) in [6.45, 7) is 7.99. The summed E-state index contributed by atoms with van der Waals surface area (Å²) in [5, 5.41) is 2.82. The zero-order valence-corrected chi connectivity index (χ0v) is 19.1. The highest BCUT2D eigenvalue weighted by Gasteiger charge is 2.27. The molecule has 1 aliphatic rings. The molecule has 1 aliphatic heterocycles. The number of rotatable bonds is 8. The van der Waals surface area contributed by atoms with Crippen molar-refractivity contribution in [2.45, 2.75) is 31.6 Å². The minimum Gasteiger partial charge on any atom is -0.491 e. The Hall–Kier alpha value is -2.42. The maximum absolute atomic E-state index is 12.9. The van der Waals surface area contributed by atoms with Gasteiger partial charge in [0.15, 0.2) is 0 Å². The largest absolute Gasteiger partial charge is 0.491 e. The molecule has 2 aromatic carbocycles. The van der Waals surface area contributed by atoms with Crippen molar-refractivity contribution in [1.29, 1.82) is 0 Å². The molecule has 0 aliphatic carbocycles. The summed E-state index contributed by atoms with van der Waals surface area (Å²) >= 11 is 0. The van der Waals surface area contributed by atoms with Crippen LogP contribution in [0.2, 0.25) is 0 Å². The molecule has 0 aromatic heterocycles. The molecular weight excluding hydrogens is 416 g/mol. The minimum atomic E-state index is -3.66. The van der Waals surface area contributed by atoms with E-state index in [9.17, 15) is 13.2 Å². The molecule has 0 spiro atoms. The Labute approximate surface area is 184 Å². The van der Waals surface area contributed by atoms with E-state index in [-0.39, 0.29) is 10.8 Å². The van der Waals surface area contributed by atoms with E-state index in [4.69, 9.17) is 9.47 Å². The van der Waals surface area contributed by atoms with E-state index >= 15 is 0 Å². The van der Waals surface area contributed by atoms with Gasteiger partial charge in [-0.2, -0.15) is 4.31 Å². The van der Waals surface area contributed by atoms with E-state index in [1.165, 1.54) is 10.4 Å². The Bertz CT molecular complexity index is 1010. The molecule has 1 saturated heterocycles. The number of carbonyl (C=O) groups is 1. The monoisotopic (exact) mass is 446 g/mol. The van der Waals surface area contributed by atoms with Crippen LogP contribution in [-0.4, -0.2) is 58.1 Å². The number of nitrogens with zero attached hydrogens (tertiary/aromatic N) is 1. The molecule has 7 nitrogen and oxygen atoms in total. The molecule has 1 amide bonds. The first-order valence-electron chi connectivity index (χ1n) is 10.5. The third kappa shape index (κ3) is 5.64. The smallest absolute Gasteiger partial charge is 0.251 e. The van der Waals surface area contributed by atoms with Crippen LogP contribution in [0.25, 0.3) is 0 Å². The third-order valence-electron chi connectivity index (χ3n) is 5.25. The van der Waals surface area contributed by atoms with E-state index in [0.29, 0.717) is 56.5 Å². The molecule has 168 valence electrons. The summed E-state index contributed by atoms with van der Waals surface area (Å²) in [6.07, 6.45) is 0. The number of hydrogen-bond donors (Lipinski definition) is 1. The summed E-state index contributed by atoms with van der Waals surface area (Å²) in [5.74, 6) is 0.823. The number of nitrogens with one attached hydrogen (secondary N) is 1. The van der Waals surface area contributed by atoms with Crippen LogP contribution in [0.3, 0.4) is 0 Å². The van der Waals surface area contributed by atoms with Gasteiger partial charge in [0.1, 0.15) is 12.4 Å². The van der Waals surface area contributed by atoms with Gasteiger partial charge < -0.3 is 14.8 Å². The number of sulfonamides is 1. The zero-order valence-electron chi connectivity index (χ0n) is 18.3. The van der Waals surface area contributed by atoms with Crippen LogP contribution >= 0.6 is 0 Å². The summed E-state index contributed by atoms with van der Waals surface area (Å²) in [7, 11) is -3.66. The third-order valence-corrected chi connectivity index (χ3v) is 7.14. The molecule has 0 saturated carbocycles. The average Bonchev–Trinajstić information content (AvgIpc) is 2.77. The highest BCUT2D eigenvalue weighted by atomic mass is 32.2. The van der Waals surface area contributed by atoms with Crippen molar-refractivity contribution in [2.24, 2.45) is 0 Å². The Morgan fingerprint density at radius 2 is 1.87 bits per heavy atom. The second-order valence-electron chi connectivity index (χ2n) is 7.79. The predicted octanol–water partition coefficient (Wildman–Crippen LogP) is 2.95. The zero-order chi connectivity index (χ0) is 22.4. The Balaban J connectivity index is 1.63. The number of para-hydroxylation sites is 1. The van der Waals surface area contributed by atoms with Crippen molar-refractivity contribution in [1.82, 2.24) is 9.62 Å². The Kier molecular flexibility index (Phi) is 7.69. The molecule has 2 aromatic rings. The van der Waals surface area contributed by atoms with Crippen LogP contribution < -0.4 is 10.1 Å². The van der Waals surface area contributed by atoms with Gasteiger partial charge in [0.05, 0.1) is 24.7 Å². The van der Waals surface area contributed by atoms with E-state index in [2.05, 4.69) is 19.2 Å². The fraction of sp³-hybridized carbons (Fsp3) is 0.435. The number of carbonyl (C=O) groups excluding carboxylic acids is 1. The fourth-order valence-electron chi connectivity index (χ4n) is 3.45. The minimum absolute atomic E-state index is 0.118. The van der Waals surface area contributed by atoms with Gasteiger partial charge in [-0.25, -0.2) is 8.42 Å². The SMILES string of the molecule is Cc1ccc(S(=O)(=O)N2CCOCC2)cc1C(=O)NCCOc1ccccc1C(C)C. The van der Waals surface area contributed by atoms with Gasteiger partial charge in [0.2, 0.25) is 10.0 Å². The van der Waals surface area contributed by atoms with Crippen molar-refractivity contribution >= 4 is 15.9 Å². The molecule has 0 radical (unpaired) electrons. The highest BCUT2D eigenvalue weighted by Crippen LogP contribution is 2.25. The first kappa shape index (κ1) is 23.2. The molecule has 1 N–H and O–H groups in total. The van der Waals surface area contributed by atoms with E-state index in [1.54, 1.807) is 19.1 Å². The van der Waals surface area contributed by atoms with Crippen molar-refractivity contribution in [3.8, 4) is 5.75 Å². The Morgan fingerprint density at radius 1 is 1.16 bits per heavy atom. The Morgan fingerprint density at radius 3 is 2.58 bits per heavy atom. The lowest BCUT2D eigenvalue weighted by Gasteiger charge is -2.26. The van der Waals surface area contributed by atoms with E-state index < -0.39 is 10.0 Å². The molecule has 0 bridgehead atoms. The summed E-state index contributed by atoms with van der Waals surface area (Å²) in [4.78, 5) is 12.8. The second-order valence-corrected chi connectivity index (χ2v) is 9.73. The molecule has 0 atom stereocenters. The van der Waals surface area contributed by atoms with Crippen molar-refractivity contribution in [3.63, 3.8) is 0 Å².